The first-order valence-corrected chi connectivity index (χ1v) is 11.2. The number of aryl methyl sites for hydroxylation is 1. The fourth-order valence-corrected chi connectivity index (χ4v) is 3.40. The van der Waals surface area contributed by atoms with E-state index in [0.717, 1.165) is 11.1 Å². The van der Waals surface area contributed by atoms with Crippen molar-refractivity contribution >= 4 is 29.2 Å². The quantitative estimate of drug-likeness (QED) is 0.349. The number of carbonyl (C=O) groups excluding carboxylic acids is 3. The zero-order chi connectivity index (χ0) is 25.6. The first-order valence-electron chi connectivity index (χ1n) is 11.2. The van der Waals surface area contributed by atoms with Gasteiger partial charge in [0.25, 0.3) is 11.8 Å². The van der Waals surface area contributed by atoms with Gasteiger partial charge in [-0.25, -0.2) is 0 Å². The van der Waals surface area contributed by atoms with E-state index in [0.29, 0.717) is 28.4 Å². The topological polar surface area (TPSA) is 93.7 Å². The lowest BCUT2D eigenvalue weighted by Gasteiger charge is -2.23. The van der Waals surface area contributed by atoms with Crippen LogP contribution in [0.4, 0.5) is 11.4 Å². The molecule has 0 aliphatic heterocycles. The van der Waals surface area contributed by atoms with Crippen LogP contribution in [0.25, 0.3) is 0 Å². The molecule has 2 N–H and O–H groups in total. The van der Waals surface area contributed by atoms with Crippen molar-refractivity contribution in [3.63, 3.8) is 0 Å². The Balaban J connectivity index is 1.57. The predicted molar refractivity (Wildman–Crippen MR) is 136 cm³/mol. The van der Waals surface area contributed by atoms with Gasteiger partial charge in [-0.3, -0.25) is 14.4 Å². The van der Waals surface area contributed by atoms with Crippen molar-refractivity contribution in [2.45, 2.75) is 40.0 Å². The molecule has 0 heterocycles. The van der Waals surface area contributed by atoms with Gasteiger partial charge in [0.1, 0.15) is 11.5 Å². The van der Waals surface area contributed by atoms with Crippen LogP contribution in [-0.2, 0) is 15.0 Å². The Kier molecular flexibility index (Phi) is 7.91. The minimum absolute atomic E-state index is 0.111. The summed E-state index contributed by atoms with van der Waals surface area (Å²) in [4.78, 5) is 36.1. The lowest BCUT2D eigenvalue weighted by molar-refractivity contribution is -0.131. The number of anilines is 2. The normalized spacial score (nSPS) is 10.9. The Hall–Kier alpha value is -4.13. The van der Waals surface area contributed by atoms with Gasteiger partial charge in [0.05, 0.1) is 0 Å². The van der Waals surface area contributed by atoms with Crippen LogP contribution in [-0.4, -0.2) is 24.4 Å². The van der Waals surface area contributed by atoms with Gasteiger partial charge >= 0.3 is 5.97 Å². The average Bonchev–Trinajstić information content (AvgIpc) is 2.78. The molecular formula is C28H30N2O5. The number of nitrogens with one attached hydrogen (secondary N) is 2. The van der Waals surface area contributed by atoms with E-state index in [1.807, 2.05) is 19.1 Å². The fourth-order valence-electron chi connectivity index (χ4n) is 3.40. The highest BCUT2D eigenvalue weighted by Crippen LogP contribution is 2.32. The molecule has 0 spiro atoms. The van der Waals surface area contributed by atoms with Crippen LogP contribution in [0.1, 0.15) is 49.2 Å². The largest absolute Gasteiger partial charge is 0.483 e. The van der Waals surface area contributed by atoms with E-state index in [9.17, 15) is 14.4 Å². The van der Waals surface area contributed by atoms with Crippen molar-refractivity contribution in [1.82, 2.24) is 0 Å². The fraction of sp³-hybridized carbons (Fsp3) is 0.250. The van der Waals surface area contributed by atoms with E-state index in [-0.39, 0.29) is 23.8 Å². The number of benzene rings is 3. The van der Waals surface area contributed by atoms with Gasteiger partial charge in [0.15, 0.2) is 6.61 Å². The van der Waals surface area contributed by atoms with Crippen molar-refractivity contribution in [1.29, 1.82) is 0 Å². The molecule has 182 valence electrons. The van der Waals surface area contributed by atoms with Gasteiger partial charge in [-0.1, -0.05) is 44.5 Å². The smallest absolute Gasteiger partial charge is 0.308 e. The lowest BCUT2D eigenvalue weighted by atomic mass is 9.85. The van der Waals surface area contributed by atoms with Crippen LogP contribution in [0.5, 0.6) is 11.5 Å². The maximum absolute atomic E-state index is 12.5. The van der Waals surface area contributed by atoms with Gasteiger partial charge in [0.2, 0.25) is 0 Å². The SMILES string of the molecule is CC(=O)Oc1cccc(C(=O)Nc2ccc(NC(=O)COc3ccc(C)cc3C(C)(C)C)cc2)c1. The summed E-state index contributed by atoms with van der Waals surface area (Å²) in [7, 11) is 0. The summed E-state index contributed by atoms with van der Waals surface area (Å²) in [5.74, 6) is -0.111. The van der Waals surface area contributed by atoms with Crippen LogP contribution < -0.4 is 20.1 Å². The number of esters is 1. The Labute approximate surface area is 205 Å². The molecule has 3 aromatic rings. The molecule has 0 saturated carbocycles. The van der Waals surface area contributed by atoms with Gasteiger partial charge in [0, 0.05) is 23.9 Å². The minimum atomic E-state index is -0.459. The van der Waals surface area contributed by atoms with Crippen LogP contribution in [0, 0.1) is 6.92 Å². The second kappa shape index (κ2) is 10.9. The second-order valence-electron chi connectivity index (χ2n) is 9.24. The standard InChI is InChI=1S/C28H30N2O5/c1-18-9-14-25(24(15-18)28(3,4)5)34-17-26(32)29-21-10-12-22(13-11-21)30-27(33)20-7-6-8-23(16-20)35-19(2)31/h6-16H,17H2,1-5H3,(H,29,32)(H,30,33). The molecule has 0 radical (unpaired) electrons. The van der Waals surface area contributed by atoms with E-state index in [2.05, 4.69) is 37.5 Å². The Morgan fingerprint density at radius 3 is 2.14 bits per heavy atom. The van der Waals surface area contributed by atoms with Gasteiger partial charge < -0.3 is 20.1 Å². The summed E-state index contributed by atoms with van der Waals surface area (Å²) >= 11 is 0. The summed E-state index contributed by atoms with van der Waals surface area (Å²) in [6.45, 7) is 9.51. The zero-order valence-corrected chi connectivity index (χ0v) is 20.6. The van der Waals surface area contributed by atoms with E-state index in [1.165, 1.54) is 13.0 Å². The zero-order valence-electron chi connectivity index (χ0n) is 20.6. The number of hydrogen-bond acceptors (Lipinski definition) is 5. The number of ether oxygens (including phenoxy) is 2. The summed E-state index contributed by atoms with van der Waals surface area (Å²) in [6.07, 6.45) is 0. The molecule has 7 nitrogen and oxygen atoms in total. The van der Waals surface area contributed by atoms with Crippen LogP contribution >= 0.6 is 0 Å². The predicted octanol–water partition coefficient (Wildman–Crippen LogP) is 5.49. The maximum atomic E-state index is 12.5. The van der Waals surface area contributed by atoms with Crippen molar-refractivity contribution < 1.29 is 23.9 Å². The Bertz CT molecular complexity index is 1230. The molecule has 0 aliphatic rings. The third-order valence-electron chi connectivity index (χ3n) is 5.09. The first-order chi connectivity index (χ1) is 16.5. The molecular weight excluding hydrogens is 444 g/mol. The molecule has 2 amide bonds. The monoisotopic (exact) mass is 474 g/mol. The second-order valence-corrected chi connectivity index (χ2v) is 9.24. The summed E-state index contributed by atoms with van der Waals surface area (Å²) in [5.41, 5.74) is 3.55. The molecule has 3 rings (SSSR count). The van der Waals surface area contributed by atoms with E-state index >= 15 is 0 Å². The number of carbonyl (C=O) groups is 3. The minimum Gasteiger partial charge on any atom is -0.483 e. The molecule has 0 aromatic heterocycles. The van der Waals surface area contributed by atoms with E-state index in [4.69, 9.17) is 9.47 Å². The van der Waals surface area contributed by atoms with Gasteiger partial charge in [-0.15, -0.1) is 0 Å². The molecule has 3 aromatic carbocycles. The highest BCUT2D eigenvalue weighted by Gasteiger charge is 2.19. The van der Waals surface area contributed by atoms with Crippen molar-refractivity contribution in [2.75, 3.05) is 17.2 Å². The molecule has 0 saturated heterocycles. The summed E-state index contributed by atoms with van der Waals surface area (Å²) in [6, 6.07) is 19.0. The van der Waals surface area contributed by atoms with E-state index in [1.54, 1.807) is 42.5 Å². The Morgan fingerprint density at radius 1 is 0.857 bits per heavy atom. The van der Waals surface area contributed by atoms with Crippen LogP contribution in [0.15, 0.2) is 66.7 Å². The number of amides is 2. The highest BCUT2D eigenvalue weighted by atomic mass is 16.5. The molecule has 0 atom stereocenters. The number of rotatable bonds is 7. The molecule has 0 fully saturated rings. The van der Waals surface area contributed by atoms with Gasteiger partial charge in [-0.05, 0) is 66.4 Å². The molecule has 0 unspecified atom stereocenters. The third-order valence-corrected chi connectivity index (χ3v) is 5.09. The summed E-state index contributed by atoms with van der Waals surface area (Å²) < 4.78 is 10.8. The lowest BCUT2D eigenvalue weighted by Crippen LogP contribution is -2.22. The van der Waals surface area contributed by atoms with Gasteiger partial charge in [-0.2, -0.15) is 0 Å². The summed E-state index contributed by atoms with van der Waals surface area (Å²) in [5, 5.41) is 5.57. The molecule has 7 heteroatoms. The Morgan fingerprint density at radius 2 is 1.51 bits per heavy atom. The van der Waals surface area contributed by atoms with Crippen molar-refractivity contribution in [3.05, 3.63) is 83.4 Å². The van der Waals surface area contributed by atoms with Crippen molar-refractivity contribution in [2.24, 2.45) is 0 Å². The maximum Gasteiger partial charge on any atom is 0.308 e. The highest BCUT2D eigenvalue weighted by molar-refractivity contribution is 6.04. The first kappa shape index (κ1) is 25.5. The van der Waals surface area contributed by atoms with Crippen LogP contribution in [0.2, 0.25) is 0 Å². The molecule has 0 aliphatic carbocycles. The third kappa shape index (κ3) is 7.43. The van der Waals surface area contributed by atoms with Crippen LogP contribution in [0.3, 0.4) is 0 Å². The van der Waals surface area contributed by atoms with Crippen molar-refractivity contribution in [3.8, 4) is 11.5 Å². The average molecular weight is 475 g/mol. The molecule has 0 bridgehead atoms. The van der Waals surface area contributed by atoms with E-state index < -0.39 is 5.97 Å². The molecule has 35 heavy (non-hydrogen) atoms. The number of hydrogen-bond donors (Lipinski definition) is 2.